The fourth-order valence-corrected chi connectivity index (χ4v) is 3.55. The van der Waals surface area contributed by atoms with Crippen LogP contribution in [0.5, 0.6) is 0 Å². The molecule has 2 aromatic heterocycles. The highest BCUT2D eigenvalue weighted by Crippen LogP contribution is 2.25. The predicted molar refractivity (Wildman–Crippen MR) is 102 cm³/mol. The molecule has 0 atom stereocenters. The first-order valence-electron chi connectivity index (χ1n) is 7.55. The van der Waals surface area contributed by atoms with Crippen molar-refractivity contribution in [1.82, 2.24) is 19.8 Å². The summed E-state index contributed by atoms with van der Waals surface area (Å²) in [6, 6.07) is 19.2. The van der Waals surface area contributed by atoms with Crippen LogP contribution in [0.15, 0.2) is 65.7 Å². The predicted octanol–water partition coefficient (Wildman–Crippen LogP) is 5.39. The fraction of sp³-hybridized carbons (Fsp3) is 0.0556. The second-order valence-electron chi connectivity index (χ2n) is 5.39. The summed E-state index contributed by atoms with van der Waals surface area (Å²) in [5.41, 5.74) is 2.78. The average Bonchev–Trinajstić information content (AvgIpc) is 3.04. The van der Waals surface area contributed by atoms with Gasteiger partial charge in [0, 0.05) is 21.4 Å². The number of benzene rings is 2. The van der Waals surface area contributed by atoms with Crippen LogP contribution in [-0.2, 0) is 5.75 Å². The molecule has 7 heteroatoms. The Kier molecular flexibility index (Phi) is 4.61. The van der Waals surface area contributed by atoms with Gasteiger partial charge in [-0.25, -0.2) is 0 Å². The number of hydrogen-bond acceptors (Lipinski definition) is 4. The molecule has 0 radical (unpaired) electrons. The Morgan fingerprint density at radius 3 is 2.52 bits per heavy atom. The van der Waals surface area contributed by atoms with Crippen LogP contribution in [-0.4, -0.2) is 19.8 Å². The Labute approximate surface area is 158 Å². The molecule has 4 rings (SSSR count). The number of thioether (sulfide) groups is 1. The van der Waals surface area contributed by atoms with Crippen molar-refractivity contribution in [2.75, 3.05) is 0 Å². The molecule has 4 nitrogen and oxygen atoms in total. The van der Waals surface area contributed by atoms with Crippen molar-refractivity contribution in [3.8, 4) is 11.4 Å². The van der Waals surface area contributed by atoms with Crippen LogP contribution in [0.2, 0.25) is 10.0 Å². The lowest BCUT2D eigenvalue weighted by Crippen LogP contribution is -1.96. The van der Waals surface area contributed by atoms with Gasteiger partial charge >= 0.3 is 0 Å². The molecule has 0 fully saturated rings. The van der Waals surface area contributed by atoms with Crippen LogP contribution < -0.4 is 0 Å². The van der Waals surface area contributed by atoms with Gasteiger partial charge in [-0.05, 0) is 54.1 Å². The smallest absolute Gasteiger partial charge is 0.185 e. The molecule has 0 bridgehead atoms. The average molecular weight is 387 g/mol. The lowest BCUT2D eigenvalue weighted by atomic mass is 10.2. The first-order valence-corrected chi connectivity index (χ1v) is 9.29. The Morgan fingerprint density at radius 2 is 1.72 bits per heavy atom. The van der Waals surface area contributed by atoms with Crippen molar-refractivity contribution in [2.45, 2.75) is 10.8 Å². The molecule has 0 unspecified atom stereocenters. The fourth-order valence-electron chi connectivity index (χ4n) is 2.41. The Morgan fingerprint density at radius 1 is 0.880 bits per heavy atom. The minimum Gasteiger partial charge on any atom is -0.192 e. The highest BCUT2D eigenvalue weighted by Gasteiger charge is 2.10. The molecule has 0 aliphatic heterocycles. The monoisotopic (exact) mass is 386 g/mol. The van der Waals surface area contributed by atoms with E-state index in [1.54, 1.807) is 16.3 Å². The van der Waals surface area contributed by atoms with Crippen molar-refractivity contribution >= 4 is 40.6 Å². The molecule has 0 saturated heterocycles. The lowest BCUT2D eigenvalue weighted by Gasteiger charge is -2.04. The van der Waals surface area contributed by atoms with Crippen molar-refractivity contribution < 1.29 is 0 Å². The van der Waals surface area contributed by atoms with Gasteiger partial charge in [-0.3, -0.25) is 0 Å². The van der Waals surface area contributed by atoms with Crippen molar-refractivity contribution in [3.63, 3.8) is 0 Å². The van der Waals surface area contributed by atoms with E-state index in [-0.39, 0.29) is 0 Å². The molecule has 25 heavy (non-hydrogen) atoms. The summed E-state index contributed by atoms with van der Waals surface area (Å²) in [7, 11) is 0. The summed E-state index contributed by atoms with van der Waals surface area (Å²) in [6.45, 7) is 0. The molecule has 0 aliphatic carbocycles. The van der Waals surface area contributed by atoms with Gasteiger partial charge in [-0.1, -0.05) is 47.1 Å². The van der Waals surface area contributed by atoms with Gasteiger partial charge < -0.3 is 0 Å². The van der Waals surface area contributed by atoms with E-state index >= 15 is 0 Å². The number of halogens is 2. The first kappa shape index (κ1) is 16.4. The molecule has 0 spiro atoms. The standard InChI is InChI=1S/C18H12Cl2N4S/c19-14-6-4-13(5-7-14)18-22-21-16-8-9-17(23-24(16)18)25-11-12-2-1-3-15(20)10-12/h1-10H,11H2. The maximum absolute atomic E-state index is 6.03. The highest BCUT2D eigenvalue weighted by atomic mass is 35.5. The Bertz CT molecular complexity index is 1030. The highest BCUT2D eigenvalue weighted by molar-refractivity contribution is 7.98. The zero-order chi connectivity index (χ0) is 17.2. The number of aromatic nitrogens is 4. The number of nitrogens with zero attached hydrogens (tertiary/aromatic N) is 4. The third-order valence-electron chi connectivity index (χ3n) is 3.62. The topological polar surface area (TPSA) is 43.1 Å². The van der Waals surface area contributed by atoms with Crippen LogP contribution in [0.4, 0.5) is 0 Å². The summed E-state index contributed by atoms with van der Waals surface area (Å²) in [5, 5.41) is 15.4. The van der Waals surface area contributed by atoms with Crippen molar-refractivity contribution in [2.24, 2.45) is 0 Å². The molecule has 0 N–H and O–H groups in total. The van der Waals surface area contributed by atoms with Crippen molar-refractivity contribution in [3.05, 3.63) is 76.3 Å². The number of hydrogen-bond donors (Lipinski definition) is 0. The van der Waals surface area contributed by atoms with E-state index in [1.165, 1.54) is 0 Å². The first-order chi connectivity index (χ1) is 12.2. The summed E-state index contributed by atoms with van der Waals surface area (Å²) >= 11 is 13.6. The van der Waals surface area contributed by atoms with Gasteiger partial charge in [-0.2, -0.15) is 9.61 Å². The Hall–Kier alpha value is -2.08. The molecule has 4 aromatic rings. The summed E-state index contributed by atoms with van der Waals surface area (Å²) in [6.07, 6.45) is 0. The zero-order valence-corrected chi connectivity index (χ0v) is 15.3. The van der Waals surface area contributed by atoms with Gasteiger partial charge in [0.05, 0.1) is 0 Å². The van der Waals surface area contributed by atoms with Crippen LogP contribution in [0, 0.1) is 0 Å². The Balaban J connectivity index is 1.63. The van der Waals surface area contributed by atoms with Crippen LogP contribution in [0.25, 0.3) is 17.0 Å². The van der Waals surface area contributed by atoms with E-state index in [1.807, 2.05) is 54.6 Å². The second kappa shape index (κ2) is 7.04. The van der Waals surface area contributed by atoms with Gasteiger partial charge in [-0.15, -0.1) is 10.2 Å². The van der Waals surface area contributed by atoms with Crippen LogP contribution in [0.3, 0.4) is 0 Å². The maximum Gasteiger partial charge on any atom is 0.185 e. The third-order valence-corrected chi connectivity index (χ3v) is 5.09. The molecule has 2 heterocycles. The number of rotatable bonds is 4. The largest absolute Gasteiger partial charge is 0.192 e. The van der Waals surface area contributed by atoms with Gasteiger partial charge in [0.15, 0.2) is 11.5 Å². The lowest BCUT2D eigenvalue weighted by molar-refractivity contribution is 0.860. The minimum atomic E-state index is 0.684. The van der Waals surface area contributed by atoms with Crippen LogP contribution in [0.1, 0.15) is 5.56 Å². The van der Waals surface area contributed by atoms with E-state index in [9.17, 15) is 0 Å². The molecule has 0 aliphatic rings. The van der Waals surface area contributed by atoms with E-state index in [4.69, 9.17) is 23.2 Å². The van der Waals surface area contributed by atoms with Gasteiger partial charge in [0.1, 0.15) is 5.03 Å². The molecule has 124 valence electrons. The second-order valence-corrected chi connectivity index (χ2v) is 7.26. The van der Waals surface area contributed by atoms with E-state index in [0.717, 1.165) is 26.9 Å². The molecular weight excluding hydrogens is 375 g/mol. The van der Waals surface area contributed by atoms with Crippen molar-refractivity contribution in [1.29, 1.82) is 0 Å². The SMILES string of the molecule is Clc1ccc(-c2nnc3ccc(SCc4cccc(Cl)c4)nn23)cc1. The summed E-state index contributed by atoms with van der Waals surface area (Å²) in [4.78, 5) is 0. The summed E-state index contributed by atoms with van der Waals surface area (Å²) < 4.78 is 1.75. The molecule has 0 amide bonds. The van der Waals surface area contributed by atoms with E-state index in [2.05, 4.69) is 21.4 Å². The van der Waals surface area contributed by atoms with Gasteiger partial charge in [0.2, 0.25) is 0 Å². The normalized spacial score (nSPS) is 11.1. The van der Waals surface area contributed by atoms with Gasteiger partial charge in [0.25, 0.3) is 0 Å². The summed E-state index contributed by atoms with van der Waals surface area (Å²) in [5.74, 6) is 1.48. The van der Waals surface area contributed by atoms with Crippen LogP contribution >= 0.6 is 35.0 Å². The van der Waals surface area contributed by atoms with E-state index in [0.29, 0.717) is 16.5 Å². The number of fused-ring (bicyclic) bond motifs is 1. The maximum atomic E-state index is 6.03. The minimum absolute atomic E-state index is 0.684. The third kappa shape index (κ3) is 3.63. The quantitative estimate of drug-likeness (QED) is 0.441. The molecule has 2 aromatic carbocycles. The van der Waals surface area contributed by atoms with E-state index < -0.39 is 0 Å². The molecule has 0 saturated carbocycles. The molecular formula is C18H12Cl2N4S. The zero-order valence-electron chi connectivity index (χ0n) is 12.9.